The van der Waals surface area contributed by atoms with Crippen LogP contribution in [0.4, 0.5) is 0 Å². The molecular formula is C21H24ClNO2. The Morgan fingerprint density at radius 2 is 1.72 bits per heavy atom. The smallest absolute Gasteiger partial charge is 0.230 e. The van der Waals surface area contributed by atoms with E-state index in [9.17, 15) is 4.79 Å². The van der Waals surface area contributed by atoms with E-state index in [0.29, 0.717) is 19.8 Å². The Balaban J connectivity index is 1.58. The largest absolute Gasteiger partial charge is 0.381 e. The molecule has 0 unspecified atom stereocenters. The van der Waals surface area contributed by atoms with Gasteiger partial charge in [-0.15, -0.1) is 0 Å². The predicted molar refractivity (Wildman–Crippen MR) is 101 cm³/mol. The van der Waals surface area contributed by atoms with Crippen LogP contribution in [0.5, 0.6) is 0 Å². The summed E-state index contributed by atoms with van der Waals surface area (Å²) in [5.41, 5.74) is 1.87. The minimum Gasteiger partial charge on any atom is -0.381 e. The SMILES string of the molecule is O=C(NCCCc1ccc(Cl)cc1)C1(c2ccccc2)CCOCC1. The molecule has 1 N–H and O–H groups in total. The first kappa shape index (κ1) is 18.0. The zero-order chi connectivity index (χ0) is 17.5. The van der Waals surface area contributed by atoms with E-state index >= 15 is 0 Å². The molecule has 0 saturated carbocycles. The Hall–Kier alpha value is -1.84. The summed E-state index contributed by atoms with van der Waals surface area (Å²) in [5, 5.41) is 3.90. The highest BCUT2D eigenvalue weighted by molar-refractivity contribution is 6.30. The topological polar surface area (TPSA) is 38.3 Å². The van der Waals surface area contributed by atoms with Gasteiger partial charge in [-0.25, -0.2) is 0 Å². The van der Waals surface area contributed by atoms with Crippen LogP contribution in [0.15, 0.2) is 54.6 Å². The fourth-order valence-electron chi connectivity index (χ4n) is 3.44. The van der Waals surface area contributed by atoms with E-state index in [1.807, 2.05) is 42.5 Å². The average Bonchev–Trinajstić information content (AvgIpc) is 2.67. The van der Waals surface area contributed by atoms with Crippen LogP contribution < -0.4 is 5.32 Å². The third kappa shape index (κ3) is 4.42. The summed E-state index contributed by atoms with van der Waals surface area (Å²) in [6, 6.07) is 18.0. The molecule has 1 fully saturated rings. The van der Waals surface area contributed by atoms with Crippen LogP contribution in [0.2, 0.25) is 5.02 Å². The van der Waals surface area contributed by atoms with Crippen molar-refractivity contribution >= 4 is 17.5 Å². The molecule has 1 saturated heterocycles. The van der Waals surface area contributed by atoms with Crippen molar-refractivity contribution in [3.05, 3.63) is 70.7 Å². The Labute approximate surface area is 154 Å². The number of aryl methyl sites for hydroxylation is 1. The second kappa shape index (κ2) is 8.50. The predicted octanol–water partition coefficient (Wildman–Crippen LogP) is 4.14. The number of carbonyl (C=O) groups is 1. The standard InChI is InChI=1S/C21H24ClNO2/c22-19-10-8-17(9-11-19)5-4-14-23-20(24)21(12-15-25-16-13-21)18-6-2-1-3-7-18/h1-3,6-11H,4-5,12-16H2,(H,23,24). The number of hydrogen-bond donors (Lipinski definition) is 1. The molecule has 0 spiro atoms. The van der Waals surface area contributed by atoms with Crippen molar-refractivity contribution in [2.75, 3.05) is 19.8 Å². The zero-order valence-corrected chi connectivity index (χ0v) is 15.1. The van der Waals surface area contributed by atoms with E-state index in [4.69, 9.17) is 16.3 Å². The van der Waals surface area contributed by atoms with E-state index < -0.39 is 5.41 Å². The number of benzene rings is 2. The first-order valence-corrected chi connectivity index (χ1v) is 9.24. The van der Waals surface area contributed by atoms with E-state index in [1.54, 1.807) is 0 Å². The van der Waals surface area contributed by atoms with Gasteiger partial charge in [-0.3, -0.25) is 4.79 Å². The van der Waals surface area contributed by atoms with Crippen LogP contribution in [0.25, 0.3) is 0 Å². The minimum atomic E-state index is -0.459. The fraction of sp³-hybridized carbons (Fsp3) is 0.381. The normalized spacial score (nSPS) is 16.4. The highest BCUT2D eigenvalue weighted by Crippen LogP contribution is 2.35. The Kier molecular flexibility index (Phi) is 6.11. The summed E-state index contributed by atoms with van der Waals surface area (Å²) in [4.78, 5) is 13.0. The van der Waals surface area contributed by atoms with Gasteiger partial charge in [0.15, 0.2) is 0 Å². The highest BCUT2D eigenvalue weighted by Gasteiger charge is 2.41. The lowest BCUT2D eigenvalue weighted by atomic mass is 9.73. The third-order valence-electron chi connectivity index (χ3n) is 4.95. The van der Waals surface area contributed by atoms with Crippen molar-refractivity contribution in [1.82, 2.24) is 5.32 Å². The molecule has 25 heavy (non-hydrogen) atoms. The summed E-state index contributed by atoms with van der Waals surface area (Å²) in [5.74, 6) is 0.123. The molecule has 0 radical (unpaired) electrons. The summed E-state index contributed by atoms with van der Waals surface area (Å²) in [6.07, 6.45) is 3.31. The molecule has 0 bridgehead atoms. The quantitative estimate of drug-likeness (QED) is 0.789. The molecule has 2 aromatic carbocycles. The lowest BCUT2D eigenvalue weighted by molar-refractivity contribution is -0.130. The van der Waals surface area contributed by atoms with Gasteiger partial charge in [0.1, 0.15) is 0 Å². The fourth-order valence-corrected chi connectivity index (χ4v) is 3.56. The number of carbonyl (C=O) groups excluding carboxylic acids is 1. The van der Waals surface area contributed by atoms with Crippen LogP contribution in [-0.2, 0) is 21.4 Å². The molecule has 1 aliphatic heterocycles. The van der Waals surface area contributed by atoms with Crippen molar-refractivity contribution in [2.45, 2.75) is 31.1 Å². The molecule has 1 amide bonds. The second-order valence-corrected chi connectivity index (χ2v) is 6.98. The first-order valence-electron chi connectivity index (χ1n) is 8.87. The van der Waals surface area contributed by atoms with Gasteiger partial charge in [0.25, 0.3) is 0 Å². The number of rotatable bonds is 6. The first-order chi connectivity index (χ1) is 12.2. The van der Waals surface area contributed by atoms with E-state index in [0.717, 1.165) is 36.3 Å². The van der Waals surface area contributed by atoms with Crippen molar-refractivity contribution < 1.29 is 9.53 Å². The second-order valence-electron chi connectivity index (χ2n) is 6.55. The van der Waals surface area contributed by atoms with Crippen LogP contribution >= 0.6 is 11.6 Å². The number of halogens is 1. The highest BCUT2D eigenvalue weighted by atomic mass is 35.5. The number of nitrogens with one attached hydrogen (secondary N) is 1. The molecule has 0 aromatic heterocycles. The molecule has 4 heteroatoms. The van der Waals surface area contributed by atoms with Crippen molar-refractivity contribution in [3.63, 3.8) is 0 Å². The summed E-state index contributed by atoms with van der Waals surface area (Å²) in [7, 11) is 0. The van der Waals surface area contributed by atoms with Gasteiger partial charge in [0, 0.05) is 24.8 Å². The molecule has 0 atom stereocenters. The number of hydrogen-bond acceptors (Lipinski definition) is 2. The van der Waals surface area contributed by atoms with Gasteiger partial charge in [0.2, 0.25) is 5.91 Å². The van der Waals surface area contributed by atoms with Gasteiger partial charge in [-0.2, -0.15) is 0 Å². The van der Waals surface area contributed by atoms with Crippen LogP contribution in [0.1, 0.15) is 30.4 Å². The monoisotopic (exact) mass is 357 g/mol. The maximum absolute atomic E-state index is 13.0. The molecular weight excluding hydrogens is 334 g/mol. The van der Waals surface area contributed by atoms with E-state index in [1.165, 1.54) is 5.56 Å². The van der Waals surface area contributed by atoms with Crippen LogP contribution in [0.3, 0.4) is 0 Å². The summed E-state index contributed by atoms with van der Waals surface area (Å²) in [6.45, 7) is 1.94. The van der Waals surface area contributed by atoms with Gasteiger partial charge in [-0.1, -0.05) is 54.1 Å². The molecule has 1 heterocycles. The number of amides is 1. The van der Waals surface area contributed by atoms with Crippen LogP contribution in [-0.4, -0.2) is 25.7 Å². The Morgan fingerprint density at radius 3 is 2.40 bits per heavy atom. The maximum Gasteiger partial charge on any atom is 0.230 e. The molecule has 2 aromatic rings. The average molecular weight is 358 g/mol. The Bertz CT molecular complexity index is 679. The number of ether oxygens (including phenoxy) is 1. The van der Waals surface area contributed by atoms with Gasteiger partial charge < -0.3 is 10.1 Å². The molecule has 0 aliphatic carbocycles. The van der Waals surface area contributed by atoms with Crippen molar-refractivity contribution in [2.24, 2.45) is 0 Å². The van der Waals surface area contributed by atoms with E-state index in [2.05, 4.69) is 17.4 Å². The molecule has 3 rings (SSSR count). The summed E-state index contributed by atoms with van der Waals surface area (Å²) >= 11 is 5.91. The Morgan fingerprint density at radius 1 is 1.04 bits per heavy atom. The van der Waals surface area contributed by atoms with E-state index in [-0.39, 0.29) is 5.91 Å². The van der Waals surface area contributed by atoms with Crippen molar-refractivity contribution in [3.8, 4) is 0 Å². The van der Waals surface area contributed by atoms with Gasteiger partial charge in [-0.05, 0) is 48.9 Å². The lowest BCUT2D eigenvalue weighted by Gasteiger charge is -2.36. The summed E-state index contributed by atoms with van der Waals surface area (Å²) < 4.78 is 5.50. The lowest BCUT2D eigenvalue weighted by Crippen LogP contribution is -2.48. The van der Waals surface area contributed by atoms with Crippen LogP contribution in [0, 0.1) is 0 Å². The van der Waals surface area contributed by atoms with Crippen molar-refractivity contribution in [1.29, 1.82) is 0 Å². The molecule has 132 valence electrons. The van der Waals surface area contributed by atoms with Gasteiger partial charge >= 0.3 is 0 Å². The molecule has 3 nitrogen and oxygen atoms in total. The third-order valence-corrected chi connectivity index (χ3v) is 5.20. The van der Waals surface area contributed by atoms with Gasteiger partial charge in [0.05, 0.1) is 5.41 Å². The zero-order valence-electron chi connectivity index (χ0n) is 14.3. The molecule has 1 aliphatic rings. The minimum absolute atomic E-state index is 0.123. The maximum atomic E-state index is 13.0.